The van der Waals surface area contributed by atoms with Gasteiger partial charge in [0.1, 0.15) is 5.56 Å². The minimum absolute atomic E-state index is 0.0921. The Morgan fingerprint density at radius 3 is 2.44 bits per heavy atom. The molecule has 6 nitrogen and oxygen atoms in total. The van der Waals surface area contributed by atoms with Crippen LogP contribution in [0.1, 0.15) is 11.1 Å². The first-order valence-corrected chi connectivity index (χ1v) is 7.82. The van der Waals surface area contributed by atoms with Crippen molar-refractivity contribution in [3.05, 3.63) is 91.6 Å². The van der Waals surface area contributed by atoms with Crippen molar-refractivity contribution in [1.82, 2.24) is 9.55 Å². The molecule has 0 radical (unpaired) electrons. The Hall–Kier alpha value is -3.12. The van der Waals surface area contributed by atoms with Crippen molar-refractivity contribution in [1.29, 1.82) is 0 Å². The fourth-order valence-corrected chi connectivity index (χ4v) is 2.40. The number of aromatic amines is 1. The summed E-state index contributed by atoms with van der Waals surface area (Å²) in [5, 5.41) is 10.9. The lowest BCUT2D eigenvalue weighted by Crippen LogP contribution is -2.32. The third kappa shape index (κ3) is 3.87. The van der Waals surface area contributed by atoms with E-state index in [1.165, 1.54) is 6.21 Å². The third-order valence-corrected chi connectivity index (χ3v) is 3.81. The van der Waals surface area contributed by atoms with Crippen molar-refractivity contribution in [2.24, 2.45) is 4.99 Å². The second kappa shape index (κ2) is 7.19. The van der Waals surface area contributed by atoms with Crippen molar-refractivity contribution >= 4 is 23.5 Å². The van der Waals surface area contributed by atoms with Crippen LogP contribution in [0.3, 0.4) is 0 Å². The quantitative estimate of drug-likeness (QED) is 0.705. The summed E-state index contributed by atoms with van der Waals surface area (Å²) in [4.78, 5) is 30.3. The molecule has 0 fully saturated rings. The number of aromatic nitrogens is 2. The molecule has 7 heteroatoms. The van der Waals surface area contributed by atoms with E-state index in [-0.39, 0.29) is 12.1 Å². The largest absolute Gasteiger partial charge is 0.494 e. The summed E-state index contributed by atoms with van der Waals surface area (Å²) in [7, 11) is 0. The number of nitrogens with one attached hydrogen (secondary N) is 1. The van der Waals surface area contributed by atoms with Crippen LogP contribution in [0.5, 0.6) is 5.88 Å². The van der Waals surface area contributed by atoms with Crippen molar-refractivity contribution in [2.75, 3.05) is 0 Å². The average molecular weight is 356 g/mol. The van der Waals surface area contributed by atoms with Crippen molar-refractivity contribution < 1.29 is 5.11 Å². The van der Waals surface area contributed by atoms with Crippen LogP contribution < -0.4 is 11.2 Å². The number of rotatable bonds is 4. The standard InChI is InChI=1S/C18H14ClN3O3/c19-13-6-8-14(9-7-13)20-10-15-16(23)21-18(25)22(17(15)24)11-12-4-2-1-3-5-12/h1-10,24H,11H2,(H,21,23,25). The number of hydrogen-bond acceptors (Lipinski definition) is 4. The van der Waals surface area contributed by atoms with Crippen LogP contribution in [0.25, 0.3) is 0 Å². The summed E-state index contributed by atoms with van der Waals surface area (Å²) in [6.45, 7) is 0.129. The first-order chi connectivity index (χ1) is 12.0. The smallest absolute Gasteiger partial charge is 0.331 e. The van der Waals surface area contributed by atoms with Gasteiger partial charge in [0.15, 0.2) is 0 Å². The second-order valence-electron chi connectivity index (χ2n) is 5.30. The number of halogens is 1. The third-order valence-electron chi connectivity index (χ3n) is 3.56. The first-order valence-electron chi connectivity index (χ1n) is 7.44. The van der Waals surface area contributed by atoms with Gasteiger partial charge in [-0.15, -0.1) is 0 Å². The van der Waals surface area contributed by atoms with Gasteiger partial charge < -0.3 is 5.11 Å². The zero-order valence-corrected chi connectivity index (χ0v) is 13.8. The monoisotopic (exact) mass is 355 g/mol. The predicted octanol–water partition coefficient (Wildman–Crippen LogP) is 2.69. The number of aromatic hydroxyl groups is 1. The van der Waals surface area contributed by atoms with E-state index in [0.717, 1.165) is 10.1 Å². The number of aliphatic imine (C=N–C) groups is 1. The Morgan fingerprint density at radius 2 is 1.76 bits per heavy atom. The van der Waals surface area contributed by atoms with Gasteiger partial charge in [-0.1, -0.05) is 41.9 Å². The van der Waals surface area contributed by atoms with E-state index in [0.29, 0.717) is 10.7 Å². The molecular weight excluding hydrogens is 342 g/mol. The van der Waals surface area contributed by atoms with Crippen molar-refractivity contribution in [2.45, 2.75) is 6.54 Å². The van der Waals surface area contributed by atoms with Crippen LogP contribution in [0.15, 0.2) is 69.2 Å². The molecule has 0 aliphatic carbocycles. The van der Waals surface area contributed by atoms with Crippen LogP contribution in [0, 0.1) is 0 Å². The van der Waals surface area contributed by atoms with Gasteiger partial charge in [-0.2, -0.15) is 0 Å². The highest BCUT2D eigenvalue weighted by atomic mass is 35.5. The van der Waals surface area contributed by atoms with Gasteiger partial charge in [0.25, 0.3) is 5.56 Å². The topological polar surface area (TPSA) is 87.5 Å². The lowest BCUT2D eigenvalue weighted by molar-refractivity contribution is 0.408. The van der Waals surface area contributed by atoms with E-state index >= 15 is 0 Å². The molecule has 2 aromatic carbocycles. The highest BCUT2D eigenvalue weighted by Gasteiger charge is 2.12. The Morgan fingerprint density at radius 1 is 1.08 bits per heavy atom. The van der Waals surface area contributed by atoms with Crippen LogP contribution in [-0.4, -0.2) is 20.9 Å². The number of benzene rings is 2. The van der Waals surface area contributed by atoms with Gasteiger partial charge in [-0.25, -0.2) is 4.79 Å². The molecule has 126 valence electrons. The molecule has 0 aliphatic rings. The molecular formula is C18H14ClN3O3. The molecule has 0 aliphatic heterocycles. The van der Waals surface area contributed by atoms with E-state index in [1.54, 1.807) is 24.3 Å². The molecule has 0 atom stereocenters. The van der Waals surface area contributed by atoms with E-state index in [1.807, 2.05) is 30.3 Å². The van der Waals surface area contributed by atoms with Gasteiger partial charge >= 0.3 is 5.69 Å². The summed E-state index contributed by atoms with van der Waals surface area (Å²) in [6.07, 6.45) is 1.22. The number of hydrogen-bond donors (Lipinski definition) is 2. The Labute approximate surface area is 147 Å². The molecule has 2 N–H and O–H groups in total. The van der Waals surface area contributed by atoms with Gasteiger partial charge in [0.2, 0.25) is 5.88 Å². The summed E-state index contributed by atoms with van der Waals surface area (Å²) in [5.41, 5.74) is -0.110. The molecule has 0 unspecified atom stereocenters. The van der Waals surface area contributed by atoms with Gasteiger partial charge in [0.05, 0.1) is 12.2 Å². The van der Waals surface area contributed by atoms with Gasteiger partial charge in [-0.05, 0) is 29.8 Å². The lowest BCUT2D eigenvalue weighted by Gasteiger charge is -2.09. The van der Waals surface area contributed by atoms with Gasteiger partial charge in [-0.3, -0.25) is 19.3 Å². The first kappa shape index (κ1) is 16.7. The molecule has 25 heavy (non-hydrogen) atoms. The Balaban J connectivity index is 1.99. The van der Waals surface area contributed by atoms with Gasteiger partial charge in [0, 0.05) is 11.2 Å². The maximum atomic E-state index is 12.0. The Kier molecular flexibility index (Phi) is 4.81. The minimum atomic E-state index is -0.704. The summed E-state index contributed by atoms with van der Waals surface area (Å²) < 4.78 is 1.08. The highest BCUT2D eigenvalue weighted by molar-refractivity contribution is 6.30. The SMILES string of the molecule is O=c1[nH]c(=O)n(Cc2ccccc2)c(O)c1C=Nc1ccc(Cl)cc1. The number of nitrogens with zero attached hydrogens (tertiary/aromatic N) is 2. The molecule has 0 spiro atoms. The van der Waals surface area contributed by atoms with Crippen molar-refractivity contribution in [3.63, 3.8) is 0 Å². The maximum absolute atomic E-state index is 12.0. The fraction of sp³-hybridized carbons (Fsp3) is 0.0556. The predicted molar refractivity (Wildman–Crippen MR) is 97.2 cm³/mol. The second-order valence-corrected chi connectivity index (χ2v) is 5.74. The molecule has 1 aromatic heterocycles. The molecule has 0 bridgehead atoms. The zero-order valence-electron chi connectivity index (χ0n) is 13.0. The lowest BCUT2D eigenvalue weighted by atomic mass is 10.2. The normalized spacial score (nSPS) is 11.1. The summed E-state index contributed by atoms with van der Waals surface area (Å²) >= 11 is 5.81. The minimum Gasteiger partial charge on any atom is -0.494 e. The van der Waals surface area contributed by atoms with Crippen LogP contribution >= 0.6 is 11.6 Å². The van der Waals surface area contributed by atoms with E-state index < -0.39 is 17.1 Å². The fourth-order valence-electron chi connectivity index (χ4n) is 2.27. The van der Waals surface area contributed by atoms with E-state index in [4.69, 9.17) is 11.6 Å². The maximum Gasteiger partial charge on any atom is 0.331 e. The molecule has 3 rings (SSSR count). The van der Waals surface area contributed by atoms with Crippen LogP contribution in [0.4, 0.5) is 5.69 Å². The molecule has 0 saturated heterocycles. The van der Waals surface area contributed by atoms with Crippen molar-refractivity contribution in [3.8, 4) is 5.88 Å². The van der Waals surface area contributed by atoms with Crippen LogP contribution in [0.2, 0.25) is 5.02 Å². The molecule has 0 saturated carbocycles. The average Bonchev–Trinajstić information content (AvgIpc) is 2.61. The van der Waals surface area contributed by atoms with Crippen LogP contribution in [-0.2, 0) is 6.54 Å². The van der Waals surface area contributed by atoms with E-state index in [2.05, 4.69) is 9.98 Å². The molecule has 1 heterocycles. The molecule has 0 amide bonds. The Bertz CT molecular complexity index is 1020. The van der Waals surface area contributed by atoms with E-state index in [9.17, 15) is 14.7 Å². The molecule has 3 aromatic rings. The number of H-pyrrole nitrogens is 1. The zero-order chi connectivity index (χ0) is 17.8. The summed E-state index contributed by atoms with van der Waals surface area (Å²) in [6, 6.07) is 15.8. The highest BCUT2D eigenvalue weighted by Crippen LogP contribution is 2.17. The summed E-state index contributed by atoms with van der Waals surface area (Å²) in [5.74, 6) is -0.435.